The van der Waals surface area contributed by atoms with Crippen molar-refractivity contribution in [3.8, 4) is 0 Å². The van der Waals surface area contributed by atoms with Crippen LogP contribution in [0.15, 0.2) is 18.2 Å². The van der Waals surface area contributed by atoms with E-state index < -0.39 is 29.0 Å². The fourth-order valence-electron chi connectivity index (χ4n) is 2.49. The van der Waals surface area contributed by atoms with Gasteiger partial charge in [0.05, 0.1) is 11.1 Å². The van der Waals surface area contributed by atoms with E-state index in [0.29, 0.717) is 31.3 Å². The summed E-state index contributed by atoms with van der Waals surface area (Å²) in [4.78, 5) is 13.7. The minimum absolute atomic E-state index is 0.467. The average molecular weight is 303 g/mol. The molecular formula is C15H17F4NO. The molecular weight excluding hydrogens is 286 g/mol. The Morgan fingerprint density at radius 2 is 1.57 bits per heavy atom. The van der Waals surface area contributed by atoms with Gasteiger partial charge in [-0.3, -0.25) is 4.79 Å². The Morgan fingerprint density at radius 3 is 2.14 bits per heavy atom. The first-order valence-electron chi connectivity index (χ1n) is 7.05. The van der Waals surface area contributed by atoms with Crippen LogP contribution >= 0.6 is 0 Å². The third kappa shape index (κ3) is 3.95. The third-order valence-corrected chi connectivity index (χ3v) is 3.67. The Kier molecular flexibility index (Phi) is 4.85. The molecule has 2 rings (SSSR count). The number of nitrogens with zero attached hydrogens (tertiary/aromatic N) is 1. The average Bonchev–Trinajstić information content (AvgIpc) is 2.36. The molecule has 0 bridgehead atoms. The Bertz CT molecular complexity index is 505. The van der Waals surface area contributed by atoms with Gasteiger partial charge in [-0.1, -0.05) is 19.3 Å². The number of rotatable bonds is 1. The second-order valence-corrected chi connectivity index (χ2v) is 5.25. The van der Waals surface area contributed by atoms with Crippen LogP contribution in [0.1, 0.15) is 48.0 Å². The van der Waals surface area contributed by atoms with E-state index in [1.165, 1.54) is 4.90 Å². The maximum atomic E-state index is 13.7. The number of amides is 1. The highest BCUT2D eigenvalue weighted by Gasteiger charge is 2.32. The summed E-state index contributed by atoms with van der Waals surface area (Å²) in [6.07, 6.45) is 0.0707. The fourth-order valence-corrected chi connectivity index (χ4v) is 2.49. The maximum absolute atomic E-state index is 13.7. The molecule has 0 N–H and O–H groups in total. The summed E-state index contributed by atoms with van der Waals surface area (Å²) < 4.78 is 51.8. The normalized spacial score (nSPS) is 17.2. The van der Waals surface area contributed by atoms with Crippen molar-refractivity contribution >= 4 is 5.91 Å². The molecule has 21 heavy (non-hydrogen) atoms. The minimum Gasteiger partial charge on any atom is -0.339 e. The summed E-state index contributed by atoms with van der Waals surface area (Å²) in [5, 5.41) is 0. The quantitative estimate of drug-likeness (QED) is 0.710. The summed E-state index contributed by atoms with van der Waals surface area (Å²) in [7, 11) is 0. The van der Waals surface area contributed by atoms with Gasteiger partial charge in [-0.15, -0.1) is 0 Å². The molecule has 1 amide bonds. The topological polar surface area (TPSA) is 20.3 Å². The van der Waals surface area contributed by atoms with E-state index in [4.69, 9.17) is 0 Å². The lowest BCUT2D eigenvalue weighted by Gasteiger charge is -2.25. The molecule has 1 aliphatic rings. The molecule has 2 nitrogen and oxygen atoms in total. The Balaban J connectivity index is 2.24. The highest BCUT2D eigenvalue weighted by Crippen LogP contribution is 2.30. The molecule has 1 aromatic carbocycles. The predicted octanol–water partition coefficient (Wildman–Crippen LogP) is 4.25. The van der Waals surface area contributed by atoms with Crippen molar-refractivity contribution in [2.45, 2.75) is 38.3 Å². The second kappa shape index (κ2) is 6.45. The highest BCUT2D eigenvalue weighted by molar-refractivity contribution is 5.94. The van der Waals surface area contributed by atoms with Crippen molar-refractivity contribution in [2.24, 2.45) is 0 Å². The number of hydrogen-bond acceptors (Lipinski definition) is 1. The first kappa shape index (κ1) is 15.8. The summed E-state index contributed by atoms with van der Waals surface area (Å²) in [5.41, 5.74) is -1.50. The van der Waals surface area contributed by atoms with Gasteiger partial charge in [-0.25, -0.2) is 4.39 Å². The summed E-state index contributed by atoms with van der Waals surface area (Å²) >= 11 is 0. The monoisotopic (exact) mass is 303 g/mol. The van der Waals surface area contributed by atoms with Crippen molar-refractivity contribution in [1.82, 2.24) is 4.90 Å². The van der Waals surface area contributed by atoms with Crippen LogP contribution < -0.4 is 0 Å². The molecule has 0 radical (unpaired) electrons. The van der Waals surface area contributed by atoms with Crippen molar-refractivity contribution in [1.29, 1.82) is 0 Å². The predicted molar refractivity (Wildman–Crippen MR) is 70.4 cm³/mol. The van der Waals surface area contributed by atoms with Crippen molar-refractivity contribution in [3.05, 3.63) is 35.1 Å². The molecule has 0 unspecified atom stereocenters. The van der Waals surface area contributed by atoms with Crippen LogP contribution in [-0.4, -0.2) is 23.9 Å². The molecule has 1 aromatic rings. The zero-order valence-corrected chi connectivity index (χ0v) is 11.5. The van der Waals surface area contributed by atoms with Gasteiger partial charge in [0, 0.05) is 13.1 Å². The van der Waals surface area contributed by atoms with E-state index in [1.807, 2.05) is 0 Å². The van der Waals surface area contributed by atoms with Crippen molar-refractivity contribution < 1.29 is 22.4 Å². The zero-order valence-electron chi connectivity index (χ0n) is 11.5. The number of hydrogen-bond donors (Lipinski definition) is 0. The van der Waals surface area contributed by atoms with Crippen LogP contribution in [-0.2, 0) is 6.18 Å². The first-order valence-corrected chi connectivity index (χ1v) is 7.05. The zero-order chi connectivity index (χ0) is 15.5. The maximum Gasteiger partial charge on any atom is 0.416 e. The van der Waals surface area contributed by atoms with Crippen LogP contribution in [0.2, 0.25) is 0 Å². The molecule has 0 saturated carbocycles. The van der Waals surface area contributed by atoms with Crippen LogP contribution in [0.25, 0.3) is 0 Å². The molecule has 0 atom stereocenters. The fraction of sp³-hybridized carbons (Fsp3) is 0.533. The van der Waals surface area contributed by atoms with E-state index in [9.17, 15) is 22.4 Å². The summed E-state index contributed by atoms with van der Waals surface area (Å²) in [6.45, 7) is 0.934. The van der Waals surface area contributed by atoms with Crippen LogP contribution in [0, 0.1) is 5.82 Å². The lowest BCUT2D eigenvalue weighted by atomic mass is 10.1. The van der Waals surface area contributed by atoms with Gasteiger partial charge in [-0.05, 0) is 31.0 Å². The van der Waals surface area contributed by atoms with E-state index in [2.05, 4.69) is 0 Å². The Labute approximate surface area is 120 Å². The molecule has 1 saturated heterocycles. The van der Waals surface area contributed by atoms with Crippen LogP contribution in [0.3, 0.4) is 0 Å². The smallest absolute Gasteiger partial charge is 0.339 e. The SMILES string of the molecule is O=C(c1cc(C(F)(F)F)ccc1F)N1CCCCCCC1. The largest absolute Gasteiger partial charge is 0.416 e. The number of carbonyl (C=O) groups excluding carboxylic acids is 1. The van der Waals surface area contributed by atoms with Crippen molar-refractivity contribution in [3.63, 3.8) is 0 Å². The lowest BCUT2D eigenvalue weighted by Crippen LogP contribution is -2.34. The van der Waals surface area contributed by atoms with Gasteiger partial charge in [0.2, 0.25) is 0 Å². The minimum atomic E-state index is -4.58. The molecule has 116 valence electrons. The summed E-state index contributed by atoms with van der Waals surface area (Å²) in [5.74, 6) is -1.56. The third-order valence-electron chi connectivity index (χ3n) is 3.67. The molecule has 6 heteroatoms. The van der Waals surface area contributed by atoms with Gasteiger partial charge in [0.25, 0.3) is 5.91 Å². The van der Waals surface area contributed by atoms with Gasteiger partial charge in [-0.2, -0.15) is 13.2 Å². The van der Waals surface area contributed by atoms with E-state index in [0.717, 1.165) is 32.1 Å². The summed E-state index contributed by atoms with van der Waals surface area (Å²) in [6, 6.07) is 1.97. The number of carbonyl (C=O) groups is 1. The molecule has 0 aromatic heterocycles. The van der Waals surface area contributed by atoms with E-state index in [-0.39, 0.29) is 0 Å². The van der Waals surface area contributed by atoms with Crippen LogP contribution in [0.5, 0.6) is 0 Å². The molecule has 0 aliphatic carbocycles. The van der Waals surface area contributed by atoms with Gasteiger partial charge >= 0.3 is 6.18 Å². The van der Waals surface area contributed by atoms with Gasteiger partial charge in [0.1, 0.15) is 5.82 Å². The Morgan fingerprint density at radius 1 is 1.00 bits per heavy atom. The molecule has 0 spiro atoms. The Hall–Kier alpha value is -1.59. The van der Waals surface area contributed by atoms with E-state index in [1.54, 1.807) is 0 Å². The first-order chi connectivity index (χ1) is 9.89. The van der Waals surface area contributed by atoms with Crippen molar-refractivity contribution in [2.75, 3.05) is 13.1 Å². The van der Waals surface area contributed by atoms with E-state index >= 15 is 0 Å². The molecule has 1 fully saturated rings. The van der Waals surface area contributed by atoms with Gasteiger partial charge in [0.15, 0.2) is 0 Å². The second-order valence-electron chi connectivity index (χ2n) is 5.25. The standard InChI is InChI=1S/C15H17F4NO/c16-13-7-6-11(15(17,18)19)10-12(13)14(21)20-8-4-2-1-3-5-9-20/h6-7,10H,1-5,8-9H2. The lowest BCUT2D eigenvalue weighted by molar-refractivity contribution is -0.137. The highest BCUT2D eigenvalue weighted by atomic mass is 19.4. The number of benzene rings is 1. The molecule has 1 heterocycles. The van der Waals surface area contributed by atoms with Gasteiger partial charge < -0.3 is 4.90 Å². The number of halogens is 4. The molecule has 1 aliphatic heterocycles. The number of alkyl halides is 3. The number of likely N-dealkylation sites (tertiary alicyclic amines) is 1. The van der Waals surface area contributed by atoms with Crippen LogP contribution in [0.4, 0.5) is 17.6 Å².